The van der Waals surface area contributed by atoms with Crippen LogP contribution in [0.2, 0.25) is 0 Å². The highest BCUT2D eigenvalue weighted by Crippen LogP contribution is 2.34. The first kappa shape index (κ1) is 20.0. The fraction of sp³-hybridized carbons (Fsp3) is 0.364. The monoisotopic (exact) mass is 410 g/mol. The number of hydrogen-bond donors (Lipinski definition) is 2. The molecule has 4 rings (SSSR count). The summed E-state index contributed by atoms with van der Waals surface area (Å²) in [6, 6.07) is 6.86. The van der Waals surface area contributed by atoms with Crippen LogP contribution in [0.15, 0.2) is 39.6 Å². The van der Waals surface area contributed by atoms with E-state index < -0.39 is 6.04 Å². The van der Waals surface area contributed by atoms with Gasteiger partial charge < -0.3 is 14.8 Å². The van der Waals surface area contributed by atoms with Crippen molar-refractivity contribution in [1.29, 1.82) is 0 Å². The molecule has 1 aromatic carbocycles. The summed E-state index contributed by atoms with van der Waals surface area (Å²) in [6.45, 7) is 3.37. The topological polar surface area (TPSA) is 101 Å². The minimum absolute atomic E-state index is 0.211. The van der Waals surface area contributed by atoms with Crippen molar-refractivity contribution in [3.8, 4) is 0 Å². The molecule has 1 fully saturated rings. The molecule has 1 aliphatic carbocycles. The van der Waals surface area contributed by atoms with Gasteiger partial charge in [0.1, 0.15) is 23.0 Å². The molecule has 8 heteroatoms. The van der Waals surface area contributed by atoms with Gasteiger partial charge in [0.2, 0.25) is 0 Å². The first-order valence-corrected chi connectivity index (χ1v) is 10.00. The number of carbonyl (C=O) groups excluding carboxylic acids is 1. The summed E-state index contributed by atoms with van der Waals surface area (Å²) in [4.78, 5) is 32.5. The van der Waals surface area contributed by atoms with Crippen molar-refractivity contribution >= 4 is 5.91 Å². The van der Waals surface area contributed by atoms with E-state index >= 15 is 0 Å². The van der Waals surface area contributed by atoms with E-state index in [-0.39, 0.29) is 23.2 Å². The van der Waals surface area contributed by atoms with Gasteiger partial charge in [0, 0.05) is 18.4 Å². The molecule has 2 heterocycles. The summed E-state index contributed by atoms with van der Waals surface area (Å²) in [7, 11) is 0. The molecule has 156 valence electrons. The molecule has 0 aliphatic heterocycles. The molecule has 0 bridgehead atoms. The van der Waals surface area contributed by atoms with Gasteiger partial charge in [-0.25, -0.2) is 9.37 Å². The highest BCUT2D eigenvalue weighted by atomic mass is 19.1. The lowest BCUT2D eigenvalue weighted by atomic mass is 9.85. The van der Waals surface area contributed by atoms with E-state index in [2.05, 4.69) is 20.4 Å². The predicted octanol–water partition coefficient (Wildman–Crippen LogP) is 3.50. The maximum Gasteiger partial charge on any atom is 0.257 e. The van der Waals surface area contributed by atoms with Gasteiger partial charge in [0.05, 0.1) is 17.4 Å². The van der Waals surface area contributed by atoms with Gasteiger partial charge in [0.25, 0.3) is 11.5 Å². The Hall–Kier alpha value is -3.29. The van der Waals surface area contributed by atoms with Crippen LogP contribution in [0.4, 0.5) is 4.39 Å². The van der Waals surface area contributed by atoms with E-state index in [4.69, 9.17) is 4.52 Å². The zero-order chi connectivity index (χ0) is 21.3. The Morgan fingerprint density at radius 3 is 2.63 bits per heavy atom. The van der Waals surface area contributed by atoms with E-state index in [9.17, 15) is 14.0 Å². The van der Waals surface area contributed by atoms with Crippen LogP contribution >= 0.6 is 0 Å². The Labute approximate surface area is 172 Å². The Bertz CT molecular complexity index is 1100. The van der Waals surface area contributed by atoms with Crippen LogP contribution in [-0.4, -0.2) is 21.0 Å². The van der Waals surface area contributed by atoms with Crippen molar-refractivity contribution in [2.45, 2.75) is 51.5 Å². The largest absolute Gasteiger partial charge is 0.361 e. The second-order valence-corrected chi connectivity index (χ2v) is 7.73. The van der Waals surface area contributed by atoms with Crippen molar-refractivity contribution in [2.75, 3.05) is 0 Å². The molecule has 1 amide bonds. The molecule has 0 spiro atoms. The van der Waals surface area contributed by atoms with E-state index in [1.54, 1.807) is 26.0 Å². The second-order valence-electron chi connectivity index (χ2n) is 7.73. The van der Waals surface area contributed by atoms with Gasteiger partial charge in [-0.1, -0.05) is 23.7 Å². The van der Waals surface area contributed by atoms with Crippen LogP contribution in [0.25, 0.3) is 0 Å². The standard InChI is InChI=1S/C22H23FN4O3/c1-12-20(13(2)30-27-12)22(29)25-18(14-6-8-16(23)9-7-14)10-17-11-19(28)26-21(24-17)15-4-3-5-15/h6-9,11,15,18H,3-5,10H2,1-2H3,(H,25,29)(H,24,26,28). The van der Waals surface area contributed by atoms with Crippen LogP contribution < -0.4 is 10.9 Å². The molecule has 7 nitrogen and oxygen atoms in total. The highest BCUT2D eigenvalue weighted by molar-refractivity contribution is 5.96. The lowest BCUT2D eigenvalue weighted by Crippen LogP contribution is -2.31. The Morgan fingerprint density at radius 2 is 2.03 bits per heavy atom. The Balaban J connectivity index is 1.64. The number of rotatable bonds is 6. The normalized spacial score (nSPS) is 14.9. The van der Waals surface area contributed by atoms with Gasteiger partial charge in [-0.05, 0) is 44.4 Å². The Morgan fingerprint density at radius 1 is 1.30 bits per heavy atom. The summed E-state index contributed by atoms with van der Waals surface area (Å²) in [6.07, 6.45) is 3.45. The van der Waals surface area contributed by atoms with Crippen molar-refractivity contribution in [3.05, 3.63) is 80.6 Å². The van der Waals surface area contributed by atoms with Gasteiger partial charge in [-0.2, -0.15) is 0 Å². The first-order valence-electron chi connectivity index (χ1n) is 10.00. The molecule has 1 atom stereocenters. The molecule has 2 aromatic heterocycles. The zero-order valence-electron chi connectivity index (χ0n) is 16.9. The van der Waals surface area contributed by atoms with Crippen LogP contribution in [0, 0.1) is 19.7 Å². The molecule has 2 N–H and O–H groups in total. The van der Waals surface area contributed by atoms with Crippen LogP contribution in [-0.2, 0) is 6.42 Å². The summed E-state index contributed by atoms with van der Waals surface area (Å²) < 4.78 is 18.5. The molecule has 1 unspecified atom stereocenters. The van der Waals surface area contributed by atoms with Crippen LogP contribution in [0.5, 0.6) is 0 Å². The number of aromatic nitrogens is 3. The maximum absolute atomic E-state index is 13.4. The molecule has 0 saturated heterocycles. The highest BCUT2D eigenvalue weighted by Gasteiger charge is 2.25. The fourth-order valence-corrected chi connectivity index (χ4v) is 3.70. The number of carbonyl (C=O) groups is 1. The summed E-state index contributed by atoms with van der Waals surface area (Å²) in [5.74, 6) is 0.683. The van der Waals surface area contributed by atoms with Gasteiger partial charge in [-0.3, -0.25) is 9.59 Å². The number of nitrogens with one attached hydrogen (secondary N) is 2. The maximum atomic E-state index is 13.4. The smallest absolute Gasteiger partial charge is 0.257 e. The lowest BCUT2D eigenvalue weighted by molar-refractivity contribution is 0.0934. The molecular weight excluding hydrogens is 387 g/mol. The summed E-state index contributed by atoms with van der Waals surface area (Å²) in [5.41, 5.74) is 1.94. The van der Waals surface area contributed by atoms with Gasteiger partial charge in [0.15, 0.2) is 0 Å². The minimum atomic E-state index is -0.504. The Kier molecular flexibility index (Phi) is 5.48. The third kappa shape index (κ3) is 4.17. The molecule has 30 heavy (non-hydrogen) atoms. The summed E-state index contributed by atoms with van der Waals surface area (Å²) in [5, 5.41) is 6.80. The SMILES string of the molecule is Cc1noc(C)c1C(=O)NC(Cc1cc(=O)[nH]c(C2CCC2)n1)c1ccc(F)cc1. The number of H-pyrrole nitrogens is 1. The van der Waals surface area contributed by atoms with Crippen molar-refractivity contribution in [1.82, 2.24) is 20.4 Å². The fourth-order valence-electron chi connectivity index (χ4n) is 3.70. The van der Waals surface area contributed by atoms with E-state index in [1.807, 2.05) is 0 Å². The molecule has 3 aromatic rings. The number of benzene rings is 1. The quantitative estimate of drug-likeness (QED) is 0.648. The van der Waals surface area contributed by atoms with E-state index in [0.29, 0.717) is 40.5 Å². The first-order chi connectivity index (χ1) is 14.4. The second kappa shape index (κ2) is 8.22. The number of aromatic amines is 1. The minimum Gasteiger partial charge on any atom is -0.361 e. The van der Waals surface area contributed by atoms with E-state index in [0.717, 1.165) is 19.3 Å². The average molecular weight is 410 g/mol. The number of hydrogen-bond acceptors (Lipinski definition) is 5. The lowest BCUT2D eigenvalue weighted by Gasteiger charge is -2.25. The van der Waals surface area contributed by atoms with Gasteiger partial charge in [-0.15, -0.1) is 0 Å². The number of amides is 1. The van der Waals surface area contributed by atoms with Gasteiger partial charge >= 0.3 is 0 Å². The number of halogens is 1. The average Bonchev–Trinajstić information content (AvgIpc) is 2.98. The van der Waals surface area contributed by atoms with Crippen molar-refractivity contribution in [3.63, 3.8) is 0 Å². The van der Waals surface area contributed by atoms with Crippen LogP contribution in [0.1, 0.15) is 70.1 Å². The third-order valence-electron chi connectivity index (χ3n) is 5.56. The predicted molar refractivity (Wildman–Crippen MR) is 108 cm³/mol. The molecular formula is C22H23FN4O3. The summed E-state index contributed by atoms with van der Waals surface area (Å²) >= 11 is 0. The zero-order valence-corrected chi connectivity index (χ0v) is 16.9. The number of aryl methyl sites for hydroxylation is 2. The molecule has 1 aliphatic rings. The van der Waals surface area contributed by atoms with Crippen LogP contribution in [0.3, 0.4) is 0 Å². The van der Waals surface area contributed by atoms with E-state index in [1.165, 1.54) is 18.2 Å². The number of nitrogens with zero attached hydrogens (tertiary/aromatic N) is 2. The van der Waals surface area contributed by atoms with Crippen molar-refractivity contribution < 1.29 is 13.7 Å². The van der Waals surface area contributed by atoms with Crippen molar-refractivity contribution in [2.24, 2.45) is 0 Å². The third-order valence-corrected chi connectivity index (χ3v) is 5.56. The molecule has 0 radical (unpaired) electrons. The molecule has 1 saturated carbocycles.